The fourth-order valence-corrected chi connectivity index (χ4v) is 2.98. The smallest absolute Gasteiger partial charge is 0.305 e. The van der Waals surface area contributed by atoms with Gasteiger partial charge in [0.15, 0.2) is 0 Å². The van der Waals surface area contributed by atoms with E-state index in [1.807, 2.05) is 6.07 Å². The Morgan fingerprint density at radius 2 is 1.92 bits per heavy atom. The first-order valence-corrected chi connectivity index (χ1v) is 8.52. The van der Waals surface area contributed by atoms with Crippen molar-refractivity contribution in [2.24, 2.45) is 0 Å². The number of aromatic nitrogens is 2. The van der Waals surface area contributed by atoms with Crippen LogP contribution in [0.5, 0.6) is 0 Å². The molecule has 0 aliphatic carbocycles. The summed E-state index contributed by atoms with van der Waals surface area (Å²) in [6, 6.07) is 8.16. The first-order chi connectivity index (χ1) is 12.5. The number of carbonyl (C=O) groups excluding carboxylic acids is 1. The summed E-state index contributed by atoms with van der Waals surface area (Å²) >= 11 is 0. The Labute approximate surface area is 150 Å². The second kappa shape index (κ2) is 8.09. The van der Waals surface area contributed by atoms with E-state index in [-0.39, 0.29) is 24.7 Å². The Morgan fingerprint density at radius 3 is 2.62 bits per heavy atom. The van der Waals surface area contributed by atoms with Crippen LogP contribution >= 0.6 is 0 Å². The summed E-state index contributed by atoms with van der Waals surface area (Å²) in [5.74, 6) is -1.29. The van der Waals surface area contributed by atoms with Crippen LogP contribution < -0.4 is 0 Å². The van der Waals surface area contributed by atoms with E-state index >= 15 is 0 Å². The summed E-state index contributed by atoms with van der Waals surface area (Å²) < 4.78 is 14.7. The summed E-state index contributed by atoms with van der Waals surface area (Å²) in [6.07, 6.45) is 1.59. The number of hydrogen-bond donors (Lipinski definition) is 1. The molecule has 1 aliphatic rings. The molecular weight excluding hydrogens is 339 g/mol. The van der Waals surface area contributed by atoms with Gasteiger partial charge in [-0.25, -0.2) is 4.39 Å². The highest BCUT2D eigenvalue weighted by Gasteiger charge is 2.23. The molecule has 0 radical (unpaired) electrons. The van der Waals surface area contributed by atoms with Gasteiger partial charge in [0.2, 0.25) is 0 Å². The van der Waals surface area contributed by atoms with Crippen molar-refractivity contribution in [1.29, 1.82) is 0 Å². The third-order valence-corrected chi connectivity index (χ3v) is 4.37. The number of benzene rings is 1. The van der Waals surface area contributed by atoms with Gasteiger partial charge in [0.1, 0.15) is 11.5 Å². The van der Waals surface area contributed by atoms with Gasteiger partial charge in [-0.05, 0) is 23.8 Å². The highest BCUT2D eigenvalue weighted by atomic mass is 19.1. The first-order valence-electron chi connectivity index (χ1n) is 8.52. The molecule has 2 aromatic rings. The van der Waals surface area contributed by atoms with E-state index in [1.54, 1.807) is 23.2 Å². The summed E-state index contributed by atoms with van der Waals surface area (Å²) in [4.78, 5) is 27.1. The Bertz CT molecular complexity index is 784. The predicted octanol–water partition coefficient (Wildman–Crippen LogP) is 1.45. The lowest BCUT2D eigenvalue weighted by Crippen LogP contribution is -2.48. The Balaban J connectivity index is 1.51. The van der Waals surface area contributed by atoms with Crippen LogP contribution in [0.1, 0.15) is 22.5 Å². The van der Waals surface area contributed by atoms with E-state index < -0.39 is 5.97 Å². The second-order valence-electron chi connectivity index (χ2n) is 6.31. The topological polar surface area (TPSA) is 78.7 Å². The fourth-order valence-electron chi connectivity index (χ4n) is 2.98. The zero-order chi connectivity index (χ0) is 18.5. The summed E-state index contributed by atoms with van der Waals surface area (Å²) in [5, 5.41) is 12.9. The minimum absolute atomic E-state index is 0.0337. The molecule has 1 aromatic carbocycles. The van der Waals surface area contributed by atoms with Crippen LogP contribution in [0.2, 0.25) is 0 Å². The maximum absolute atomic E-state index is 13.3. The molecule has 1 aromatic heterocycles. The van der Waals surface area contributed by atoms with Gasteiger partial charge in [-0.1, -0.05) is 12.1 Å². The number of carboxylic acid groups (broad SMARTS) is 1. The number of nitrogens with zero attached hydrogens (tertiary/aromatic N) is 4. The van der Waals surface area contributed by atoms with Gasteiger partial charge in [0, 0.05) is 38.9 Å². The van der Waals surface area contributed by atoms with Gasteiger partial charge in [0.05, 0.1) is 13.0 Å². The number of halogens is 1. The zero-order valence-corrected chi connectivity index (χ0v) is 14.3. The molecule has 0 unspecified atom stereocenters. The molecule has 0 spiro atoms. The Hall–Kier alpha value is -2.74. The molecule has 2 heterocycles. The van der Waals surface area contributed by atoms with Crippen LogP contribution in [0, 0.1) is 5.82 Å². The average Bonchev–Trinajstić information content (AvgIpc) is 3.09. The van der Waals surface area contributed by atoms with Crippen molar-refractivity contribution in [2.75, 3.05) is 26.2 Å². The van der Waals surface area contributed by atoms with Crippen LogP contribution in [-0.2, 0) is 17.9 Å². The van der Waals surface area contributed by atoms with Crippen LogP contribution in [0.25, 0.3) is 0 Å². The van der Waals surface area contributed by atoms with Gasteiger partial charge in [-0.2, -0.15) is 5.10 Å². The molecule has 0 bridgehead atoms. The van der Waals surface area contributed by atoms with E-state index in [2.05, 4.69) is 10.00 Å². The van der Waals surface area contributed by atoms with E-state index in [4.69, 9.17) is 5.11 Å². The fraction of sp³-hybridized carbons (Fsp3) is 0.389. The molecule has 26 heavy (non-hydrogen) atoms. The number of amides is 1. The Morgan fingerprint density at radius 1 is 1.15 bits per heavy atom. The largest absolute Gasteiger partial charge is 0.481 e. The quantitative estimate of drug-likeness (QED) is 0.844. The molecule has 3 rings (SSSR count). The van der Waals surface area contributed by atoms with Crippen molar-refractivity contribution in [1.82, 2.24) is 19.6 Å². The van der Waals surface area contributed by atoms with Crippen molar-refractivity contribution in [3.05, 3.63) is 53.6 Å². The lowest BCUT2D eigenvalue weighted by molar-refractivity contribution is -0.137. The highest BCUT2D eigenvalue weighted by molar-refractivity contribution is 5.92. The molecule has 1 amide bonds. The summed E-state index contributed by atoms with van der Waals surface area (Å²) in [5.41, 5.74) is 1.25. The van der Waals surface area contributed by atoms with Crippen LogP contribution in [0.3, 0.4) is 0 Å². The Kier molecular flexibility index (Phi) is 5.62. The van der Waals surface area contributed by atoms with Crippen LogP contribution in [0.4, 0.5) is 4.39 Å². The molecular formula is C18H21FN4O3. The molecule has 0 atom stereocenters. The molecule has 7 nitrogen and oxygen atoms in total. The number of hydrogen-bond acceptors (Lipinski definition) is 4. The first kappa shape index (κ1) is 18.1. The van der Waals surface area contributed by atoms with Gasteiger partial charge >= 0.3 is 5.97 Å². The monoisotopic (exact) mass is 360 g/mol. The lowest BCUT2D eigenvalue weighted by Gasteiger charge is -2.34. The van der Waals surface area contributed by atoms with Crippen molar-refractivity contribution >= 4 is 11.9 Å². The maximum atomic E-state index is 13.3. The van der Waals surface area contributed by atoms with Crippen molar-refractivity contribution < 1.29 is 19.1 Å². The normalized spacial score (nSPS) is 15.2. The van der Waals surface area contributed by atoms with Crippen molar-refractivity contribution in [3.63, 3.8) is 0 Å². The number of rotatable bonds is 6. The average molecular weight is 360 g/mol. The molecule has 1 aliphatic heterocycles. The zero-order valence-electron chi connectivity index (χ0n) is 14.3. The maximum Gasteiger partial charge on any atom is 0.305 e. The van der Waals surface area contributed by atoms with Gasteiger partial charge in [-0.15, -0.1) is 0 Å². The van der Waals surface area contributed by atoms with Gasteiger partial charge in [-0.3, -0.25) is 19.2 Å². The van der Waals surface area contributed by atoms with Crippen LogP contribution in [-0.4, -0.2) is 62.7 Å². The summed E-state index contributed by atoms with van der Waals surface area (Å²) in [6.45, 7) is 3.48. The molecule has 1 saturated heterocycles. The molecule has 8 heteroatoms. The standard InChI is InChI=1S/C18H21FN4O3/c19-15-3-1-2-14(12-15)13-21-8-10-22(11-9-21)18(26)16-4-6-23(20-16)7-5-17(24)25/h1-4,6,12H,5,7-11,13H2,(H,24,25). The summed E-state index contributed by atoms with van der Waals surface area (Å²) in [7, 11) is 0. The third-order valence-electron chi connectivity index (χ3n) is 4.37. The number of aliphatic carboxylic acids is 1. The molecule has 1 N–H and O–H groups in total. The number of carboxylic acids is 1. The van der Waals surface area contributed by atoms with Crippen molar-refractivity contribution in [3.8, 4) is 0 Å². The second-order valence-corrected chi connectivity index (χ2v) is 6.31. The highest BCUT2D eigenvalue weighted by Crippen LogP contribution is 2.12. The molecule has 138 valence electrons. The number of piperazine rings is 1. The van der Waals surface area contributed by atoms with Crippen molar-refractivity contribution in [2.45, 2.75) is 19.5 Å². The minimum Gasteiger partial charge on any atom is -0.481 e. The molecule has 0 saturated carbocycles. The van der Waals surface area contributed by atoms with Crippen LogP contribution in [0.15, 0.2) is 36.5 Å². The lowest BCUT2D eigenvalue weighted by atomic mass is 10.2. The molecule has 1 fully saturated rings. The predicted molar refractivity (Wildman–Crippen MR) is 92.1 cm³/mol. The van der Waals surface area contributed by atoms with Gasteiger partial charge < -0.3 is 10.0 Å². The van der Waals surface area contributed by atoms with E-state index in [1.165, 1.54) is 16.8 Å². The SMILES string of the molecule is O=C(O)CCn1ccc(C(=O)N2CCN(Cc3cccc(F)c3)CC2)n1. The number of aryl methyl sites for hydroxylation is 1. The number of carbonyl (C=O) groups is 2. The van der Waals surface area contributed by atoms with E-state index in [9.17, 15) is 14.0 Å². The van der Waals surface area contributed by atoms with E-state index in [0.717, 1.165) is 5.56 Å². The third kappa shape index (κ3) is 4.66. The minimum atomic E-state index is -0.900. The van der Waals surface area contributed by atoms with Gasteiger partial charge in [0.25, 0.3) is 5.91 Å². The van der Waals surface area contributed by atoms with E-state index in [0.29, 0.717) is 38.4 Å².